The molecule has 0 spiro atoms. The van der Waals surface area contributed by atoms with E-state index in [0.717, 1.165) is 5.56 Å². The molecule has 0 saturated carbocycles. The molecule has 4 nitrogen and oxygen atoms in total. The van der Waals surface area contributed by atoms with Crippen molar-refractivity contribution in [3.63, 3.8) is 0 Å². The minimum absolute atomic E-state index is 0.108. The monoisotopic (exact) mass is 344 g/mol. The van der Waals surface area contributed by atoms with Crippen LogP contribution in [0.5, 0.6) is 0 Å². The lowest BCUT2D eigenvalue weighted by atomic mass is 10.1. The number of furan rings is 1. The summed E-state index contributed by atoms with van der Waals surface area (Å²) in [6.45, 7) is 0.302. The van der Waals surface area contributed by atoms with E-state index in [9.17, 15) is 9.18 Å². The Hall–Kier alpha value is -2.66. The third kappa shape index (κ3) is 3.81. The quantitative estimate of drug-likeness (QED) is 0.761. The van der Waals surface area contributed by atoms with Crippen LogP contribution in [0.15, 0.2) is 59.3 Å². The molecule has 0 aliphatic rings. The fourth-order valence-electron chi connectivity index (χ4n) is 2.22. The minimum atomic E-state index is -0.484. The van der Waals surface area contributed by atoms with Crippen LogP contribution in [0.2, 0.25) is 5.02 Å². The van der Waals surface area contributed by atoms with Crippen LogP contribution in [0.4, 0.5) is 4.39 Å². The molecule has 1 amide bonds. The zero-order chi connectivity index (χ0) is 16.9. The molecule has 0 aliphatic carbocycles. The number of hydrogen-bond donors (Lipinski definition) is 1. The van der Waals surface area contributed by atoms with E-state index in [0.29, 0.717) is 18.0 Å². The van der Waals surface area contributed by atoms with Crippen LogP contribution in [-0.4, -0.2) is 10.9 Å². The standard InChI is InChI=1S/C18H14ClFN2O2/c19-14-3-1-4-15(20)13(14)9-18(23)22-11-12-6-7-16(21-10-12)17-5-2-8-24-17/h1-8,10H,9,11H2,(H,22,23). The third-order valence-electron chi connectivity index (χ3n) is 3.49. The molecule has 0 radical (unpaired) electrons. The van der Waals surface area contributed by atoms with Crippen LogP contribution in [0.25, 0.3) is 11.5 Å². The summed E-state index contributed by atoms with van der Waals surface area (Å²) in [5, 5.41) is 2.97. The predicted octanol–water partition coefficient (Wildman–Crippen LogP) is 3.99. The third-order valence-corrected chi connectivity index (χ3v) is 3.84. The number of amides is 1. The Bertz CT molecular complexity index is 812. The number of hydrogen-bond acceptors (Lipinski definition) is 3. The molecule has 122 valence electrons. The number of carbonyl (C=O) groups is 1. The van der Waals surface area contributed by atoms with Crippen molar-refractivity contribution in [1.82, 2.24) is 10.3 Å². The lowest BCUT2D eigenvalue weighted by Gasteiger charge is -2.08. The van der Waals surface area contributed by atoms with E-state index in [1.165, 1.54) is 12.1 Å². The molecule has 0 bridgehead atoms. The van der Waals surface area contributed by atoms with Crippen molar-refractivity contribution in [3.8, 4) is 11.5 Å². The van der Waals surface area contributed by atoms with Gasteiger partial charge in [-0.1, -0.05) is 23.7 Å². The Morgan fingerprint density at radius 3 is 2.75 bits per heavy atom. The van der Waals surface area contributed by atoms with Crippen LogP contribution in [0.3, 0.4) is 0 Å². The molecule has 2 heterocycles. The van der Waals surface area contributed by atoms with Crippen LogP contribution >= 0.6 is 11.6 Å². The van der Waals surface area contributed by atoms with Gasteiger partial charge in [-0.3, -0.25) is 9.78 Å². The summed E-state index contributed by atoms with van der Waals surface area (Å²) in [7, 11) is 0. The van der Waals surface area contributed by atoms with Gasteiger partial charge in [0, 0.05) is 23.3 Å². The molecule has 3 rings (SSSR count). The molecule has 3 aromatic rings. The summed E-state index contributed by atoms with van der Waals surface area (Å²) in [5.74, 6) is -0.112. The first-order valence-electron chi connectivity index (χ1n) is 7.32. The lowest BCUT2D eigenvalue weighted by molar-refractivity contribution is -0.120. The largest absolute Gasteiger partial charge is 0.463 e. The van der Waals surface area contributed by atoms with Gasteiger partial charge in [-0.25, -0.2) is 4.39 Å². The van der Waals surface area contributed by atoms with Crippen molar-refractivity contribution in [2.24, 2.45) is 0 Å². The van der Waals surface area contributed by atoms with Crippen LogP contribution in [0.1, 0.15) is 11.1 Å². The van der Waals surface area contributed by atoms with Gasteiger partial charge in [0.05, 0.1) is 12.7 Å². The van der Waals surface area contributed by atoms with Gasteiger partial charge in [0.25, 0.3) is 0 Å². The average Bonchev–Trinajstić information content (AvgIpc) is 3.11. The first-order chi connectivity index (χ1) is 11.6. The van der Waals surface area contributed by atoms with Gasteiger partial charge in [0.15, 0.2) is 5.76 Å². The second-order valence-corrected chi connectivity index (χ2v) is 5.59. The molecule has 0 atom stereocenters. The SMILES string of the molecule is O=C(Cc1c(F)cccc1Cl)NCc1ccc(-c2ccco2)nc1. The van der Waals surface area contributed by atoms with E-state index in [4.69, 9.17) is 16.0 Å². The first-order valence-corrected chi connectivity index (χ1v) is 7.69. The van der Waals surface area contributed by atoms with Crippen molar-refractivity contribution in [1.29, 1.82) is 0 Å². The highest BCUT2D eigenvalue weighted by atomic mass is 35.5. The van der Waals surface area contributed by atoms with Gasteiger partial charge in [0.1, 0.15) is 11.5 Å². The number of nitrogens with one attached hydrogen (secondary N) is 1. The number of halogens is 2. The second-order valence-electron chi connectivity index (χ2n) is 5.18. The summed E-state index contributed by atoms with van der Waals surface area (Å²) < 4.78 is 18.9. The van der Waals surface area contributed by atoms with Crippen LogP contribution in [0, 0.1) is 5.82 Å². The molecular weight excluding hydrogens is 331 g/mol. The summed E-state index contributed by atoms with van der Waals surface area (Å²) in [6.07, 6.45) is 3.14. The zero-order valence-corrected chi connectivity index (χ0v) is 13.4. The molecule has 0 aliphatic heterocycles. The maximum absolute atomic E-state index is 13.7. The van der Waals surface area contributed by atoms with Crippen molar-refractivity contribution >= 4 is 17.5 Å². The number of rotatable bonds is 5. The van der Waals surface area contributed by atoms with Crippen LogP contribution < -0.4 is 5.32 Å². The Balaban J connectivity index is 1.58. The maximum Gasteiger partial charge on any atom is 0.224 e. The zero-order valence-electron chi connectivity index (χ0n) is 12.6. The Morgan fingerprint density at radius 1 is 1.21 bits per heavy atom. The molecule has 0 unspecified atom stereocenters. The van der Waals surface area contributed by atoms with Gasteiger partial charge >= 0.3 is 0 Å². The van der Waals surface area contributed by atoms with Gasteiger partial charge in [0.2, 0.25) is 5.91 Å². The van der Waals surface area contributed by atoms with Crippen molar-refractivity contribution in [3.05, 3.63) is 76.9 Å². The first kappa shape index (κ1) is 16.2. The smallest absolute Gasteiger partial charge is 0.224 e. The van der Waals surface area contributed by atoms with Crippen molar-refractivity contribution < 1.29 is 13.6 Å². The van der Waals surface area contributed by atoms with E-state index >= 15 is 0 Å². The molecule has 1 aromatic carbocycles. The molecule has 6 heteroatoms. The highest BCUT2D eigenvalue weighted by Crippen LogP contribution is 2.19. The number of aromatic nitrogens is 1. The number of pyridine rings is 1. The lowest BCUT2D eigenvalue weighted by Crippen LogP contribution is -2.25. The Labute approximate surface area is 143 Å². The van der Waals surface area contributed by atoms with E-state index in [1.807, 2.05) is 18.2 Å². The molecule has 0 saturated heterocycles. The van der Waals surface area contributed by atoms with Gasteiger partial charge in [-0.15, -0.1) is 0 Å². The molecule has 2 aromatic heterocycles. The van der Waals surface area contributed by atoms with Gasteiger partial charge in [-0.05, 0) is 35.9 Å². The van der Waals surface area contributed by atoms with Gasteiger partial charge < -0.3 is 9.73 Å². The molecule has 1 N–H and O–H groups in total. The van der Waals surface area contributed by atoms with Crippen LogP contribution in [-0.2, 0) is 17.8 Å². The van der Waals surface area contributed by atoms with E-state index in [1.54, 1.807) is 24.6 Å². The average molecular weight is 345 g/mol. The highest BCUT2D eigenvalue weighted by Gasteiger charge is 2.11. The fraction of sp³-hybridized carbons (Fsp3) is 0.111. The van der Waals surface area contributed by atoms with E-state index in [-0.39, 0.29) is 22.9 Å². The number of benzene rings is 1. The Kier molecular flexibility index (Phi) is 4.91. The molecular formula is C18H14ClFN2O2. The predicted molar refractivity (Wildman–Crippen MR) is 88.9 cm³/mol. The topological polar surface area (TPSA) is 55.1 Å². The fourth-order valence-corrected chi connectivity index (χ4v) is 2.45. The second kappa shape index (κ2) is 7.27. The number of carbonyl (C=O) groups excluding carboxylic acids is 1. The van der Waals surface area contributed by atoms with Crippen molar-refractivity contribution in [2.45, 2.75) is 13.0 Å². The summed E-state index contributed by atoms with van der Waals surface area (Å²) in [6, 6.07) is 11.6. The summed E-state index contributed by atoms with van der Waals surface area (Å²) in [5.41, 5.74) is 1.74. The molecule has 24 heavy (non-hydrogen) atoms. The maximum atomic E-state index is 13.7. The number of nitrogens with zero attached hydrogens (tertiary/aromatic N) is 1. The van der Waals surface area contributed by atoms with Crippen molar-refractivity contribution in [2.75, 3.05) is 0 Å². The van der Waals surface area contributed by atoms with E-state index < -0.39 is 5.82 Å². The minimum Gasteiger partial charge on any atom is -0.463 e. The highest BCUT2D eigenvalue weighted by molar-refractivity contribution is 6.31. The summed E-state index contributed by atoms with van der Waals surface area (Å²) in [4.78, 5) is 16.3. The Morgan fingerprint density at radius 2 is 2.08 bits per heavy atom. The normalized spacial score (nSPS) is 10.6. The van der Waals surface area contributed by atoms with Gasteiger partial charge in [-0.2, -0.15) is 0 Å². The van der Waals surface area contributed by atoms with E-state index in [2.05, 4.69) is 10.3 Å². The molecule has 0 fully saturated rings. The summed E-state index contributed by atoms with van der Waals surface area (Å²) >= 11 is 5.92.